The van der Waals surface area contributed by atoms with Gasteiger partial charge in [0.05, 0.1) is 0 Å². The molecular formula is C15H13N3O. The van der Waals surface area contributed by atoms with Gasteiger partial charge in [0.2, 0.25) is 11.7 Å². The van der Waals surface area contributed by atoms with Gasteiger partial charge >= 0.3 is 0 Å². The summed E-state index contributed by atoms with van der Waals surface area (Å²) in [6.07, 6.45) is 0. The second-order valence-electron chi connectivity index (χ2n) is 4.21. The average Bonchev–Trinajstić information content (AvgIpc) is 2.98. The molecule has 0 aliphatic rings. The van der Waals surface area contributed by atoms with Gasteiger partial charge in [0.25, 0.3) is 0 Å². The summed E-state index contributed by atoms with van der Waals surface area (Å²) in [5.74, 6) is 0.979. The van der Waals surface area contributed by atoms with Gasteiger partial charge in [0.15, 0.2) is 0 Å². The van der Waals surface area contributed by atoms with Gasteiger partial charge in [-0.25, -0.2) is 0 Å². The molecule has 19 heavy (non-hydrogen) atoms. The van der Waals surface area contributed by atoms with Gasteiger partial charge in [0.1, 0.15) is 6.04 Å². The lowest BCUT2D eigenvalue weighted by Crippen LogP contribution is -2.11. The molecule has 0 aliphatic carbocycles. The molecule has 0 amide bonds. The smallest absolute Gasteiger partial charge is 0.248 e. The van der Waals surface area contributed by atoms with Crippen LogP contribution in [0.2, 0.25) is 0 Å². The average molecular weight is 251 g/mol. The second kappa shape index (κ2) is 5.04. The highest BCUT2D eigenvalue weighted by molar-refractivity contribution is 5.53. The molecule has 94 valence electrons. The lowest BCUT2D eigenvalue weighted by Gasteiger charge is -2.05. The zero-order chi connectivity index (χ0) is 13.1. The molecular weight excluding hydrogens is 238 g/mol. The van der Waals surface area contributed by atoms with E-state index in [2.05, 4.69) is 10.1 Å². The van der Waals surface area contributed by atoms with Gasteiger partial charge in [-0.1, -0.05) is 65.8 Å². The lowest BCUT2D eigenvalue weighted by atomic mass is 10.1. The van der Waals surface area contributed by atoms with Gasteiger partial charge in [0, 0.05) is 5.56 Å². The van der Waals surface area contributed by atoms with E-state index < -0.39 is 6.04 Å². The minimum absolute atomic E-state index is 0.397. The van der Waals surface area contributed by atoms with Crippen molar-refractivity contribution in [1.29, 1.82) is 0 Å². The van der Waals surface area contributed by atoms with Crippen molar-refractivity contribution in [3.8, 4) is 11.4 Å². The van der Waals surface area contributed by atoms with Crippen LogP contribution >= 0.6 is 0 Å². The fourth-order valence-electron chi connectivity index (χ4n) is 1.87. The van der Waals surface area contributed by atoms with Crippen molar-refractivity contribution in [2.75, 3.05) is 0 Å². The first-order valence-corrected chi connectivity index (χ1v) is 6.04. The lowest BCUT2D eigenvalue weighted by molar-refractivity contribution is 0.367. The van der Waals surface area contributed by atoms with Gasteiger partial charge in [-0.15, -0.1) is 0 Å². The first-order valence-electron chi connectivity index (χ1n) is 6.04. The highest BCUT2D eigenvalue weighted by atomic mass is 16.5. The van der Waals surface area contributed by atoms with E-state index in [4.69, 9.17) is 10.3 Å². The fraction of sp³-hybridized carbons (Fsp3) is 0.0667. The number of benzene rings is 2. The molecule has 0 fully saturated rings. The standard InChI is InChI=1S/C15H13N3O/c16-13(11-7-3-1-4-8-11)15-17-14(18-19-15)12-9-5-2-6-10-12/h1-10,13H,16H2. The Balaban J connectivity index is 1.90. The predicted octanol–water partition coefficient (Wildman–Crippen LogP) is 2.78. The first kappa shape index (κ1) is 11.6. The van der Waals surface area contributed by atoms with E-state index in [0.717, 1.165) is 11.1 Å². The number of nitrogens with zero attached hydrogens (tertiary/aromatic N) is 2. The zero-order valence-electron chi connectivity index (χ0n) is 10.2. The van der Waals surface area contributed by atoms with Crippen LogP contribution in [0.25, 0.3) is 11.4 Å². The monoisotopic (exact) mass is 251 g/mol. The number of hydrogen-bond donors (Lipinski definition) is 1. The Morgan fingerprint density at radius 2 is 1.53 bits per heavy atom. The fourth-order valence-corrected chi connectivity index (χ4v) is 1.87. The van der Waals surface area contributed by atoms with Crippen LogP contribution < -0.4 is 5.73 Å². The minimum Gasteiger partial charge on any atom is -0.337 e. The van der Waals surface area contributed by atoms with E-state index in [9.17, 15) is 0 Å². The Labute approximate surface area is 110 Å². The third-order valence-electron chi connectivity index (χ3n) is 2.90. The van der Waals surface area contributed by atoms with Crippen LogP contribution in [-0.2, 0) is 0 Å². The third-order valence-corrected chi connectivity index (χ3v) is 2.90. The van der Waals surface area contributed by atoms with Crippen molar-refractivity contribution in [2.45, 2.75) is 6.04 Å². The summed E-state index contributed by atoms with van der Waals surface area (Å²) in [6.45, 7) is 0. The predicted molar refractivity (Wildman–Crippen MR) is 72.2 cm³/mol. The molecule has 1 heterocycles. The Morgan fingerprint density at radius 3 is 2.21 bits per heavy atom. The molecule has 4 heteroatoms. The molecule has 3 aromatic rings. The van der Waals surface area contributed by atoms with E-state index in [1.165, 1.54) is 0 Å². The van der Waals surface area contributed by atoms with Gasteiger partial charge in [-0.2, -0.15) is 4.98 Å². The molecule has 3 rings (SSSR count). The molecule has 0 saturated carbocycles. The van der Waals surface area contributed by atoms with Crippen molar-refractivity contribution >= 4 is 0 Å². The summed E-state index contributed by atoms with van der Waals surface area (Å²) in [4.78, 5) is 4.35. The number of hydrogen-bond acceptors (Lipinski definition) is 4. The maximum atomic E-state index is 6.11. The van der Waals surface area contributed by atoms with E-state index in [1.807, 2.05) is 60.7 Å². The van der Waals surface area contributed by atoms with Crippen LogP contribution in [0.15, 0.2) is 65.2 Å². The third kappa shape index (κ3) is 2.39. The molecule has 1 unspecified atom stereocenters. The number of rotatable bonds is 3. The largest absolute Gasteiger partial charge is 0.337 e. The van der Waals surface area contributed by atoms with Gasteiger partial charge in [-0.3, -0.25) is 0 Å². The van der Waals surface area contributed by atoms with Crippen molar-refractivity contribution in [2.24, 2.45) is 5.73 Å². The summed E-state index contributed by atoms with van der Waals surface area (Å²) >= 11 is 0. The summed E-state index contributed by atoms with van der Waals surface area (Å²) in [6, 6.07) is 19.0. The maximum absolute atomic E-state index is 6.11. The molecule has 0 bridgehead atoms. The molecule has 4 nitrogen and oxygen atoms in total. The summed E-state index contributed by atoms with van der Waals surface area (Å²) < 4.78 is 5.25. The Kier molecular flexibility index (Phi) is 3.08. The van der Waals surface area contributed by atoms with Crippen LogP contribution in [0.1, 0.15) is 17.5 Å². The number of nitrogens with two attached hydrogens (primary N) is 1. The van der Waals surface area contributed by atoms with Crippen LogP contribution in [0, 0.1) is 0 Å². The Bertz CT molecular complexity index is 649. The van der Waals surface area contributed by atoms with Crippen molar-refractivity contribution in [3.63, 3.8) is 0 Å². The minimum atomic E-state index is -0.397. The van der Waals surface area contributed by atoms with Crippen LogP contribution in [0.3, 0.4) is 0 Å². The van der Waals surface area contributed by atoms with Gasteiger partial charge < -0.3 is 10.3 Å². The molecule has 1 aromatic heterocycles. The zero-order valence-corrected chi connectivity index (χ0v) is 10.2. The van der Waals surface area contributed by atoms with Crippen molar-refractivity contribution < 1.29 is 4.52 Å². The van der Waals surface area contributed by atoms with E-state index in [1.54, 1.807) is 0 Å². The van der Waals surface area contributed by atoms with E-state index in [-0.39, 0.29) is 0 Å². The normalized spacial score (nSPS) is 12.3. The second-order valence-corrected chi connectivity index (χ2v) is 4.21. The summed E-state index contributed by atoms with van der Waals surface area (Å²) in [7, 11) is 0. The Hall–Kier alpha value is -2.46. The SMILES string of the molecule is NC(c1ccccc1)c1nc(-c2ccccc2)no1. The van der Waals surface area contributed by atoms with E-state index >= 15 is 0 Å². The molecule has 2 N–H and O–H groups in total. The maximum Gasteiger partial charge on any atom is 0.248 e. The van der Waals surface area contributed by atoms with Crippen LogP contribution in [-0.4, -0.2) is 10.1 Å². The highest BCUT2D eigenvalue weighted by Gasteiger charge is 2.16. The van der Waals surface area contributed by atoms with Crippen molar-refractivity contribution in [1.82, 2.24) is 10.1 Å². The molecule has 0 saturated heterocycles. The number of aromatic nitrogens is 2. The molecule has 0 spiro atoms. The van der Waals surface area contributed by atoms with E-state index in [0.29, 0.717) is 11.7 Å². The molecule has 0 radical (unpaired) electrons. The molecule has 2 aromatic carbocycles. The quantitative estimate of drug-likeness (QED) is 0.777. The van der Waals surface area contributed by atoms with Crippen molar-refractivity contribution in [3.05, 3.63) is 72.1 Å². The highest BCUT2D eigenvalue weighted by Crippen LogP contribution is 2.21. The summed E-state index contributed by atoms with van der Waals surface area (Å²) in [5.41, 5.74) is 7.98. The van der Waals surface area contributed by atoms with Gasteiger partial charge in [-0.05, 0) is 5.56 Å². The summed E-state index contributed by atoms with van der Waals surface area (Å²) in [5, 5.41) is 3.97. The first-order chi connectivity index (χ1) is 9.34. The van der Waals surface area contributed by atoms with Crippen LogP contribution in [0.4, 0.5) is 0 Å². The van der Waals surface area contributed by atoms with Crippen LogP contribution in [0.5, 0.6) is 0 Å². The Morgan fingerprint density at radius 1 is 0.895 bits per heavy atom. The molecule has 1 atom stereocenters. The molecule has 0 aliphatic heterocycles. The topological polar surface area (TPSA) is 64.9 Å².